The first-order valence-corrected chi connectivity index (χ1v) is 9.86. The Bertz CT molecular complexity index is 932. The number of methoxy groups -OCH3 is 1. The quantitative estimate of drug-likeness (QED) is 0.429. The smallest absolute Gasteiger partial charge is 0.295 e. The molecular weight excluding hydrogens is 390 g/mol. The summed E-state index contributed by atoms with van der Waals surface area (Å²) in [7, 11) is 1.54. The molecule has 1 fully saturated rings. The van der Waals surface area contributed by atoms with Crippen LogP contribution in [0, 0.1) is 0 Å². The number of hydrogen-bond donors (Lipinski definition) is 1. The number of ketones is 1. The number of Topliss-reactive ketones (excluding diaryl/α,β-unsaturated/α-hetero) is 1. The second-order valence-corrected chi connectivity index (χ2v) is 7.75. The number of likely N-dealkylation sites (tertiary alicyclic amines) is 1. The second-order valence-electron chi connectivity index (χ2n) is 7.31. The first-order chi connectivity index (χ1) is 13.8. The third kappa shape index (κ3) is 4.21. The number of ether oxygens (including phenoxy) is 1. The number of halogens is 1. The summed E-state index contributed by atoms with van der Waals surface area (Å²) in [6.45, 7) is 4.73. The molecule has 1 aliphatic heterocycles. The van der Waals surface area contributed by atoms with Gasteiger partial charge in [0.05, 0.1) is 18.2 Å². The number of amides is 1. The molecule has 1 heterocycles. The van der Waals surface area contributed by atoms with E-state index in [0.717, 1.165) is 11.1 Å². The average Bonchev–Trinajstić information content (AvgIpc) is 2.97. The van der Waals surface area contributed by atoms with Crippen molar-refractivity contribution in [3.05, 3.63) is 75.8 Å². The van der Waals surface area contributed by atoms with E-state index < -0.39 is 17.7 Å². The molecule has 0 saturated carbocycles. The Morgan fingerprint density at radius 2 is 1.72 bits per heavy atom. The summed E-state index contributed by atoms with van der Waals surface area (Å²) in [6, 6.07) is 13.6. The molecule has 0 aliphatic carbocycles. The summed E-state index contributed by atoms with van der Waals surface area (Å²) in [6.07, 6.45) is 0. The Labute approximate surface area is 175 Å². The van der Waals surface area contributed by atoms with E-state index in [2.05, 4.69) is 13.8 Å². The lowest BCUT2D eigenvalue weighted by Crippen LogP contribution is -2.32. The zero-order valence-corrected chi connectivity index (χ0v) is 17.4. The van der Waals surface area contributed by atoms with Crippen LogP contribution < -0.4 is 0 Å². The highest BCUT2D eigenvalue weighted by Gasteiger charge is 2.45. The molecule has 29 heavy (non-hydrogen) atoms. The van der Waals surface area contributed by atoms with E-state index in [1.54, 1.807) is 24.3 Å². The molecule has 6 heteroatoms. The van der Waals surface area contributed by atoms with Crippen LogP contribution in [0.3, 0.4) is 0 Å². The van der Waals surface area contributed by atoms with Crippen molar-refractivity contribution in [1.82, 2.24) is 4.90 Å². The first kappa shape index (κ1) is 21.1. The van der Waals surface area contributed by atoms with E-state index in [4.69, 9.17) is 16.3 Å². The number of nitrogens with zero attached hydrogens (tertiary/aromatic N) is 1. The molecule has 1 N–H and O–H groups in total. The molecule has 1 atom stereocenters. The molecule has 0 unspecified atom stereocenters. The lowest BCUT2D eigenvalue weighted by molar-refractivity contribution is -0.140. The summed E-state index contributed by atoms with van der Waals surface area (Å²) in [5.74, 6) is -1.20. The van der Waals surface area contributed by atoms with Gasteiger partial charge in [-0.05, 0) is 41.3 Å². The van der Waals surface area contributed by atoms with E-state index >= 15 is 0 Å². The van der Waals surface area contributed by atoms with Gasteiger partial charge in [-0.25, -0.2) is 0 Å². The van der Waals surface area contributed by atoms with Crippen molar-refractivity contribution in [2.45, 2.75) is 25.8 Å². The van der Waals surface area contributed by atoms with Gasteiger partial charge >= 0.3 is 0 Å². The number of carbonyl (C=O) groups is 2. The van der Waals surface area contributed by atoms with Crippen LogP contribution in [0.1, 0.15) is 42.5 Å². The minimum Gasteiger partial charge on any atom is -0.507 e. The van der Waals surface area contributed by atoms with Crippen LogP contribution >= 0.6 is 11.6 Å². The van der Waals surface area contributed by atoms with Crippen molar-refractivity contribution in [3.63, 3.8) is 0 Å². The fourth-order valence-electron chi connectivity index (χ4n) is 3.47. The summed E-state index contributed by atoms with van der Waals surface area (Å²) < 4.78 is 5.12. The number of benzene rings is 2. The minimum atomic E-state index is -0.702. The molecule has 2 aromatic rings. The maximum Gasteiger partial charge on any atom is 0.295 e. The van der Waals surface area contributed by atoms with Crippen molar-refractivity contribution in [3.8, 4) is 0 Å². The highest BCUT2D eigenvalue weighted by atomic mass is 35.5. The van der Waals surface area contributed by atoms with E-state index in [9.17, 15) is 14.7 Å². The lowest BCUT2D eigenvalue weighted by atomic mass is 9.93. The van der Waals surface area contributed by atoms with Crippen LogP contribution in [0.15, 0.2) is 54.1 Å². The van der Waals surface area contributed by atoms with Crippen molar-refractivity contribution in [2.24, 2.45) is 0 Å². The number of hydrogen-bond acceptors (Lipinski definition) is 4. The molecule has 3 rings (SSSR count). The van der Waals surface area contributed by atoms with Crippen LogP contribution in [0.5, 0.6) is 0 Å². The van der Waals surface area contributed by atoms with Gasteiger partial charge in [0.1, 0.15) is 5.76 Å². The highest BCUT2D eigenvalue weighted by molar-refractivity contribution is 6.46. The molecule has 0 aromatic heterocycles. The number of aliphatic hydroxyl groups excluding tert-OH is 1. The van der Waals surface area contributed by atoms with Gasteiger partial charge in [0.15, 0.2) is 0 Å². The van der Waals surface area contributed by atoms with Gasteiger partial charge < -0.3 is 14.7 Å². The van der Waals surface area contributed by atoms with Crippen LogP contribution in [0.4, 0.5) is 0 Å². The monoisotopic (exact) mass is 413 g/mol. The van der Waals surface area contributed by atoms with Crippen LogP contribution in [0.25, 0.3) is 5.76 Å². The molecule has 0 spiro atoms. The Morgan fingerprint density at radius 1 is 1.10 bits per heavy atom. The molecule has 5 nitrogen and oxygen atoms in total. The van der Waals surface area contributed by atoms with E-state index in [-0.39, 0.29) is 24.5 Å². The summed E-state index contributed by atoms with van der Waals surface area (Å²) in [5, 5.41) is 11.4. The average molecular weight is 414 g/mol. The topological polar surface area (TPSA) is 66.8 Å². The van der Waals surface area contributed by atoms with Gasteiger partial charge in [-0.3, -0.25) is 9.59 Å². The summed E-state index contributed by atoms with van der Waals surface area (Å²) >= 11 is 5.93. The van der Waals surface area contributed by atoms with Gasteiger partial charge in [0, 0.05) is 24.2 Å². The summed E-state index contributed by atoms with van der Waals surface area (Å²) in [5.41, 5.74) is 2.43. The van der Waals surface area contributed by atoms with E-state index in [1.807, 2.05) is 24.3 Å². The standard InChI is InChI=1S/C23H24ClNO4/c1-14(2)15-4-6-16(7-5-15)20-19(21(26)17-8-10-18(24)11-9-17)22(27)23(28)25(20)12-13-29-3/h4-11,14,20,26H,12-13H2,1-3H3/b21-19+/t20-/m1/s1. The Kier molecular flexibility index (Phi) is 6.40. The maximum absolute atomic E-state index is 12.8. The van der Waals surface area contributed by atoms with Gasteiger partial charge in [0.2, 0.25) is 0 Å². The van der Waals surface area contributed by atoms with Crippen molar-refractivity contribution >= 4 is 29.1 Å². The molecule has 2 aromatic carbocycles. The van der Waals surface area contributed by atoms with Crippen molar-refractivity contribution in [2.75, 3.05) is 20.3 Å². The number of carbonyl (C=O) groups excluding carboxylic acids is 2. The summed E-state index contributed by atoms with van der Waals surface area (Å²) in [4.78, 5) is 27.0. The van der Waals surface area contributed by atoms with Gasteiger partial charge in [-0.1, -0.05) is 49.7 Å². The SMILES string of the molecule is COCCN1C(=O)C(=O)/C(=C(/O)c2ccc(Cl)cc2)[C@H]1c1ccc(C(C)C)cc1. The van der Waals surface area contributed by atoms with Crippen LogP contribution in [0.2, 0.25) is 5.02 Å². The molecular formula is C23H24ClNO4. The highest BCUT2D eigenvalue weighted by Crippen LogP contribution is 2.39. The predicted molar refractivity (Wildman–Crippen MR) is 113 cm³/mol. The van der Waals surface area contributed by atoms with Crippen LogP contribution in [-0.2, 0) is 14.3 Å². The van der Waals surface area contributed by atoms with Gasteiger partial charge in [-0.2, -0.15) is 0 Å². The fraction of sp³-hybridized carbons (Fsp3) is 0.304. The molecule has 0 bridgehead atoms. The predicted octanol–water partition coefficient (Wildman–Crippen LogP) is 4.53. The normalized spacial score (nSPS) is 18.7. The van der Waals surface area contributed by atoms with Crippen LogP contribution in [-0.4, -0.2) is 42.0 Å². The second kappa shape index (κ2) is 8.80. The van der Waals surface area contributed by atoms with Crippen molar-refractivity contribution < 1.29 is 19.4 Å². The van der Waals surface area contributed by atoms with E-state index in [1.165, 1.54) is 12.0 Å². The third-order valence-electron chi connectivity index (χ3n) is 5.11. The molecule has 1 amide bonds. The van der Waals surface area contributed by atoms with Gasteiger partial charge in [0.25, 0.3) is 11.7 Å². The number of rotatable bonds is 6. The molecule has 0 radical (unpaired) electrons. The maximum atomic E-state index is 12.8. The Hall–Kier alpha value is -2.63. The molecule has 152 valence electrons. The fourth-order valence-corrected chi connectivity index (χ4v) is 3.60. The molecule has 1 saturated heterocycles. The van der Waals surface area contributed by atoms with Crippen molar-refractivity contribution in [1.29, 1.82) is 0 Å². The Morgan fingerprint density at radius 3 is 2.28 bits per heavy atom. The van der Waals surface area contributed by atoms with E-state index in [0.29, 0.717) is 16.5 Å². The lowest BCUT2D eigenvalue weighted by Gasteiger charge is -2.25. The number of aliphatic hydroxyl groups is 1. The third-order valence-corrected chi connectivity index (χ3v) is 5.36. The zero-order chi connectivity index (χ0) is 21.1. The zero-order valence-electron chi connectivity index (χ0n) is 16.7. The first-order valence-electron chi connectivity index (χ1n) is 9.48. The largest absolute Gasteiger partial charge is 0.507 e. The Balaban J connectivity index is 2.13. The van der Waals surface area contributed by atoms with Gasteiger partial charge in [-0.15, -0.1) is 0 Å². The molecule has 1 aliphatic rings. The minimum absolute atomic E-state index is 0.0747.